The predicted octanol–water partition coefficient (Wildman–Crippen LogP) is 6.22. The molecule has 0 aromatic rings. The number of hydrogen-bond acceptors (Lipinski definition) is 7. The maximum Gasteiger partial charge on any atom is 0.475 e. The van der Waals surface area contributed by atoms with Crippen molar-refractivity contribution in [1.29, 1.82) is 0 Å². The Kier molecular flexibility index (Phi) is 9.22. The lowest BCUT2D eigenvalue weighted by atomic mass is 9.82. The van der Waals surface area contributed by atoms with E-state index in [1.807, 2.05) is 6.92 Å². The van der Waals surface area contributed by atoms with E-state index in [4.69, 9.17) is 29.5 Å². The Labute approximate surface area is 170 Å². The van der Waals surface area contributed by atoms with Gasteiger partial charge in [-0.1, -0.05) is 40.0 Å². The van der Waals surface area contributed by atoms with Crippen molar-refractivity contribution in [3.63, 3.8) is 0 Å². The Bertz CT molecular complexity index is 507. The van der Waals surface area contributed by atoms with E-state index in [1.165, 1.54) is 0 Å². The van der Waals surface area contributed by atoms with Gasteiger partial charge in [0, 0.05) is 10.8 Å². The topological polar surface area (TPSA) is 80.3 Å². The van der Waals surface area contributed by atoms with Gasteiger partial charge in [0.15, 0.2) is 6.35 Å². The van der Waals surface area contributed by atoms with Crippen LogP contribution in [0.5, 0.6) is 0 Å². The first-order valence-electron chi connectivity index (χ1n) is 10.4. The quantitative estimate of drug-likeness (QED) is 0.354. The summed E-state index contributed by atoms with van der Waals surface area (Å²) in [6.45, 7) is 13.1. The molecule has 28 heavy (non-hydrogen) atoms. The van der Waals surface area contributed by atoms with Crippen LogP contribution in [0.25, 0.3) is 0 Å². The molecule has 9 heteroatoms. The zero-order valence-corrected chi connectivity index (χ0v) is 19.3. The smallest absolute Gasteiger partial charge is 0.306 e. The van der Waals surface area contributed by atoms with Gasteiger partial charge in [-0.3, -0.25) is 18.1 Å². The normalized spacial score (nSPS) is 39.1. The molecule has 0 bridgehead atoms. The summed E-state index contributed by atoms with van der Waals surface area (Å²) in [4.78, 5) is 0. The lowest BCUT2D eigenvalue weighted by Gasteiger charge is -2.40. The molecule has 0 saturated carbocycles. The van der Waals surface area contributed by atoms with Crippen molar-refractivity contribution < 1.29 is 31.7 Å². The number of phosphoric acid groups is 1. The molecule has 2 heterocycles. The fourth-order valence-corrected chi connectivity index (χ4v) is 6.81. The van der Waals surface area contributed by atoms with Crippen LogP contribution in [0, 0.1) is 17.8 Å². The molecule has 2 aliphatic heterocycles. The molecular weight excluding hydrogens is 402 g/mol. The van der Waals surface area contributed by atoms with Crippen molar-refractivity contribution in [1.82, 2.24) is 0 Å². The largest absolute Gasteiger partial charge is 0.475 e. The summed E-state index contributed by atoms with van der Waals surface area (Å²) >= 11 is 0. The van der Waals surface area contributed by atoms with Gasteiger partial charge in [-0.2, -0.15) is 0 Å². The molecule has 0 unspecified atom stereocenters. The Balaban J connectivity index is 1.85. The van der Waals surface area contributed by atoms with Gasteiger partial charge >= 0.3 is 15.4 Å². The average molecular weight is 438 g/mol. The van der Waals surface area contributed by atoms with Crippen molar-refractivity contribution in [2.45, 2.75) is 72.1 Å². The molecule has 0 aromatic heterocycles. The molecule has 0 amide bonds. The summed E-state index contributed by atoms with van der Waals surface area (Å²) in [6.07, 6.45) is 6.68. The van der Waals surface area contributed by atoms with E-state index in [1.54, 1.807) is 0 Å². The van der Waals surface area contributed by atoms with Crippen molar-refractivity contribution in [2.75, 3.05) is 32.8 Å². The molecule has 7 nitrogen and oxygen atoms in total. The van der Waals surface area contributed by atoms with E-state index in [0.717, 1.165) is 44.9 Å². The first-order chi connectivity index (χ1) is 13.3. The highest BCUT2D eigenvalue weighted by Crippen LogP contribution is 2.62. The fourth-order valence-electron chi connectivity index (χ4n) is 3.43. The number of hydrogen-bond donors (Lipinski definition) is 0. The Morgan fingerprint density at radius 2 is 1.36 bits per heavy atom. The molecule has 2 radical (unpaired) electrons. The zero-order valence-electron chi connectivity index (χ0n) is 17.5. The second kappa shape index (κ2) is 10.5. The van der Waals surface area contributed by atoms with Crippen LogP contribution in [-0.2, 0) is 31.7 Å². The fraction of sp³-hybridized carbons (Fsp3) is 0.947. The van der Waals surface area contributed by atoms with Crippen LogP contribution in [0.15, 0.2) is 0 Å². The van der Waals surface area contributed by atoms with Gasteiger partial charge in [0.25, 0.3) is 0 Å². The second-order valence-electron chi connectivity index (χ2n) is 8.11. The van der Waals surface area contributed by atoms with Crippen LogP contribution in [0.3, 0.4) is 0 Å². The standard InChI is InChI=1S/C19H36O7P2/c1-5-9-11-18(7-3)13-22-27(20,23-14-18)17-26-28(21)24-15-19(8-4,16-25-28)12-10-6-2/h2H,5-17H2,1,3-4H3. The van der Waals surface area contributed by atoms with Crippen molar-refractivity contribution in [3.05, 3.63) is 6.92 Å². The Morgan fingerprint density at radius 1 is 0.857 bits per heavy atom. The monoisotopic (exact) mass is 438 g/mol. The van der Waals surface area contributed by atoms with Gasteiger partial charge in [0.2, 0.25) is 0 Å². The van der Waals surface area contributed by atoms with Crippen LogP contribution in [-0.4, -0.2) is 32.8 Å². The van der Waals surface area contributed by atoms with E-state index in [9.17, 15) is 9.13 Å². The van der Waals surface area contributed by atoms with Crippen LogP contribution >= 0.6 is 15.4 Å². The summed E-state index contributed by atoms with van der Waals surface area (Å²) < 4.78 is 52.9. The Morgan fingerprint density at radius 3 is 1.82 bits per heavy atom. The molecule has 0 N–H and O–H groups in total. The maximum atomic E-state index is 12.8. The minimum absolute atomic E-state index is 0.115. The second-order valence-corrected chi connectivity index (χ2v) is 11.8. The van der Waals surface area contributed by atoms with Crippen LogP contribution in [0.1, 0.15) is 72.1 Å². The summed E-state index contributed by atoms with van der Waals surface area (Å²) in [5, 5.41) is 0. The van der Waals surface area contributed by atoms with Gasteiger partial charge in [0.05, 0.1) is 26.4 Å². The third-order valence-electron chi connectivity index (χ3n) is 6.04. The molecule has 2 aliphatic rings. The highest BCUT2D eigenvalue weighted by atomic mass is 31.2. The molecular formula is C19H36O7P2. The number of phosphoric ester groups is 1. The lowest BCUT2D eigenvalue weighted by Crippen LogP contribution is -2.36. The van der Waals surface area contributed by atoms with Crippen LogP contribution in [0.2, 0.25) is 0 Å². The summed E-state index contributed by atoms with van der Waals surface area (Å²) in [5.41, 5.74) is -0.325. The highest BCUT2D eigenvalue weighted by Gasteiger charge is 2.46. The minimum Gasteiger partial charge on any atom is -0.306 e. The molecule has 0 atom stereocenters. The summed E-state index contributed by atoms with van der Waals surface area (Å²) in [5.74, 6) is 0. The average Bonchev–Trinajstić information content (AvgIpc) is 2.73. The highest BCUT2D eigenvalue weighted by molar-refractivity contribution is 7.55. The van der Waals surface area contributed by atoms with E-state index >= 15 is 0 Å². The first kappa shape index (κ1) is 24.5. The van der Waals surface area contributed by atoms with Crippen LogP contribution < -0.4 is 0 Å². The molecule has 0 aliphatic carbocycles. The maximum absolute atomic E-state index is 12.8. The summed E-state index contributed by atoms with van der Waals surface area (Å²) in [7, 11) is -7.24. The van der Waals surface area contributed by atoms with E-state index < -0.39 is 21.8 Å². The molecule has 2 rings (SSSR count). The predicted molar refractivity (Wildman–Crippen MR) is 108 cm³/mol. The third-order valence-corrected chi connectivity index (χ3v) is 9.07. The van der Waals surface area contributed by atoms with Gasteiger partial charge in [-0.05, 0) is 39.0 Å². The van der Waals surface area contributed by atoms with E-state index in [0.29, 0.717) is 19.6 Å². The minimum atomic E-state index is -3.77. The van der Waals surface area contributed by atoms with Gasteiger partial charge in [-0.25, -0.2) is 4.57 Å². The summed E-state index contributed by atoms with van der Waals surface area (Å²) in [6, 6.07) is 0. The van der Waals surface area contributed by atoms with Crippen molar-refractivity contribution in [2.24, 2.45) is 10.8 Å². The van der Waals surface area contributed by atoms with Crippen LogP contribution in [0.4, 0.5) is 0 Å². The van der Waals surface area contributed by atoms with E-state index in [2.05, 4.69) is 13.8 Å². The van der Waals surface area contributed by atoms with Crippen molar-refractivity contribution >= 4 is 15.4 Å². The number of rotatable bonds is 11. The number of unbranched alkanes of at least 4 members (excludes halogenated alkanes) is 2. The van der Waals surface area contributed by atoms with Gasteiger partial charge in [0.1, 0.15) is 0 Å². The Hall–Kier alpha value is 0.260. The first-order valence-corrected chi connectivity index (χ1v) is 13.6. The molecule has 2 saturated heterocycles. The third kappa shape index (κ3) is 6.38. The van der Waals surface area contributed by atoms with E-state index in [-0.39, 0.29) is 24.0 Å². The molecule has 0 aromatic carbocycles. The lowest BCUT2D eigenvalue weighted by molar-refractivity contribution is -0.0274. The molecule has 2 fully saturated rings. The SMILES string of the molecule is [CH]CCCC1(CC)COP(=O)(OCP2(=O)OCC(CC)(CCCC)CO2)OC1. The molecule has 164 valence electrons. The van der Waals surface area contributed by atoms with Gasteiger partial charge < -0.3 is 9.05 Å². The van der Waals surface area contributed by atoms with Crippen molar-refractivity contribution in [3.8, 4) is 0 Å². The van der Waals surface area contributed by atoms with Gasteiger partial charge in [-0.15, -0.1) is 0 Å². The zero-order chi connectivity index (χ0) is 20.7. The molecule has 0 spiro atoms.